The normalized spacial score (nSPS) is 45.6. The van der Waals surface area contributed by atoms with E-state index in [4.69, 9.17) is 14.9 Å². The SMILES string of the molecule is O=C(O)[C@@H]1C(O)CCN1[C@H]1O[C@@H](CO)[C@H](O)[C@H]1O. The van der Waals surface area contributed by atoms with Gasteiger partial charge in [0.1, 0.15) is 30.6 Å². The number of carboxylic acid groups (broad SMARTS) is 1. The van der Waals surface area contributed by atoms with Crippen molar-refractivity contribution in [3.05, 3.63) is 0 Å². The fraction of sp³-hybridized carbons (Fsp3) is 0.900. The molecule has 0 radical (unpaired) electrons. The van der Waals surface area contributed by atoms with Crippen LogP contribution in [0.4, 0.5) is 0 Å². The van der Waals surface area contributed by atoms with E-state index in [1.807, 2.05) is 0 Å². The molecule has 2 fully saturated rings. The lowest BCUT2D eigenvalue weighted by Gasteiger charge is -2.30. The highest BCUT2D eigenvalue weighted by molar-refractivity contribution is 5.74. The quantitative estimate of drug-likeness (QED) is 0.363. The van der Waals surface area contributed by atoms with Crippen LogP contribution in [0, 0.1) is 0 Å². The van der Waals surface area contributed by atoms with Crippen LogP contribution < -0.4 is 0 Å². The number of nitrogens with zero attached hydrogens (tertiary/aromatic N) is 1. The summed E-state index contributed by atoms with van der Waals surface area (Å²) in [6, 6.07) is -1.17. The fourth-order valence-electron chi connectivity index (χ4n) is 2.55. The first-order valence-corrected chi connectivity index (χ1v) is 5.76. The molecular formula is C10H17NO7. The van der Waals surface area contributed by atoms with Crippen LogP contribution in [0.5, 0.6) is 0 Å². The molecule has 2 saturated heterocycles. The molecular weight excluding hydrogens is 246 g/mol. The van der Waals surface area contributed by atoms with Crippen molar-refractivity contribution >= 4 is 5.97 Å². The molecule has 2 rings (SSSR count). The number of hydrogen-bond donors (Lipinski definition) is 5. The number of likely N-dealkylation sites (tertiary alicyclic amines) is 1. The Morgan fingerprint density at radius 2 is 1.94 bits per heavy atom. The van der Waals surface area contributed by atoms with Gasteiger partial charge in [-0.25, -0.2) is 0 Å². The third-order valence-electron chi connectivity index (χ3n) is 3.50. The zero-order valence-electron chi connectivity index (χ0n) is 9.59. The first-order valence-electron chi connectivity index (χ1n) is 5.76. The van der Waals surface area contributed by atoms with E-state index in [2.05, 4.69) is 0 Å². The van der Waals surface area contributed by atoms with E-state index < -0.39 is 49.3 Å². The first kappa shape index (κ1) is 13.7. The highest BCUT2D eigenvalue weighted by atomic mass is 16.6. The first-order chi connectivity index (χ1) is 8.47. The van der Waals surface area contributed by atoms with Gasteiger partial charge in [-0.2, -0.15) is 0 Å². The topological polar surface area (TPSA) is 131 Å². The van der Waals surface area contributed by atoms with Crippen molar-refractivity contribution in [1.82, 2.24) is 4.90 Å². The largest absolute Gasteiger partial charge is 0.480 e. The standard InChI is InChI=1S/C10H17NO7/c12-3-5-7(14)8(15)9(18-5)11-2-1-4(13)6(11)10(16)17/h4-9,12-15H,1-3H2,(H,16,17)/t4?,5-,6-,7-,8+,9-/m0/s1. The maximum Gasteiger partial charge on any atom is 0.323 e. The minimum absolute atomic E-state index is 0.241. The third-order valence-corrected chi connectivity index (χ3v) is 3.50. The maximum atomic E-state index is 11.1. The summed E-state index contributed by atoms with van der Waals surface area (Å²) in [5, 5.41) is 47.0. The molecule has 8 nitrogen and oxygen atoms in total. The third kappa shape index (κ3) is 2.11. The van der Waals surface area contributed by atoms with Crippen LogP contribution in [-0.2, 0) is 9.53 Å². The van der Waals surface area contributed by atoms with Gasteiger partial charge >= 0.3 is 5.97 Å². The van der Waals surface area contributed by atoms with Gasteiger partial charge in [0.25, 0.3) is 0 Å². The molecule has 0 aromatic heterocycles. The Kier molecular flexibility index (Phi) is 3.85. The number of aliphatic hydroxyl groups excluding tert-OH is 4. The van der Waals surface area contributed by atoms with Gasteiger partial charge in [0.2, 0.25) is 0 Å². The number of ether oxygens (including phenoxy) is 1. The molecule has 18 heavy (non-hydrogen) atoms. The summed E-state index contributed by atoms with van der Waals surface area (Å²) in [6.07, 6.45) is -5.35. The van der Waals surface area contributed by atoms with E-state index in [1.54, 1.807) is 0 Å². The van der Waals surface area contributed by atoms with Gasteiger partial charge in [-0.1, -0.05) is 0 Å². The zero-order valence-corrected chi connectivity index (χ0v) is 9.59. The molecule has 0 aliphatic carbocycles. The van der Waals surface area contributed by atoms with Crippen LogP contribution in [0.3, 0.4) is 0 Å². The molecule has 5 N–H and O–H groups in total. The van der Waals surface area contributed by atoms with Gasteiger partial charge < -0.3 is 30.3 Å². The Morgan fingerprint density at radius 3 is 2.44 bits per heavy atom. The number of aliphatic carboxylic acids is 1. The summed E-state index contributed by atoms with van der Waals surface area (Å²) in [7, 11) is 0. The van der Waals surface area contributed by atoms with Crippen molar-refractivity contribution in [1.29, 1.82) is 0 Å². The van der Waals surface area contributed by atoms with E-state index in [-0.39, 0.29) is 13.0 Å². The lowest BCUT2D eigenvalue weighted by Crippen LogP contribution is -2.51. The Morgan fingerprint density at radius 1 is 1.28 bits per heavy atom. The van der Waals surface area contributed by atoms with Gasteiger partial charge in [0.15, 0.2) is 0 Å². The highest BCUT2D eigenvalue weighted by Crippen LogP contribution is 2.30. The minimum atomic E-state index is -1.31. The van der Waals surface area contributed by atoms with Crippen LogP contribution in [0.1, 0.15) is 6.42 Å². The molecule has 0 aromatic rings. The average molecular weight is 263 g/mol. The van der Waals surface area contributed by atoms with E-state index in [0.717, 1.165) is 0 Å². The van der Waals surface area contributed by atoms with Crippen LogP contribution in [0.2, 0.25) is 0 Å². The van der Waals surface area contributed by atoms with E-state index in [1.165, 1.54) is 4.90 Å². The molecule has 0 saturated carbocycles. The second kappa shape index (κ2) is 5.08. The van der Waals surface area contributed by atoms with Gasteiger partial charge in [-0.05, 0) is 6.42 Å². The van der Waals surface area contributed by atoms with Crippen molar-refractivity contribution in [2.24, 2.45) is 0 Å². The van der Waals surface area contributed by atoms with Crippen molar-refractivity contribution < 1.29 is 35.1 Å². The number of rotatable bonds is 3. The summed E-state index contributed by atoms with van der Waals surface area (Å²) in [5.74, 6) is -1.21. The molecule has 6 atom stereocenters. The van der Waals surface area contributed by atoms with Gasteiger partial charge in [-0.15, -0.1) is 0 Å². The summed E-state index contributed by atoms with van der Waals surface area (Å²) in [4.78, 5) is 12.4. The van der Waals surface area contributed by atoms with E-state index in [0.29, 0.717) is 0 Å². The van der Waals surface area contributed by atoms with Crippen LogP contribution in [0.25, 0.3) is 0 Å². The van der Waals surface area contributed by atoms with Crippen LogP contribution >= 0.6 is 0 Å². The Balaban J connectivity index is 2.14. The monoisotopic (exact) mass is 263 g/mol. The average Bonchev–Trinajstić information content (AvgIpc) is 2.82. The lowest BCUT2D eigenvalue weighted by molar-refractivity contribution is -0.156. The number of aliphatic hydroxyl groups is 4. The summed E-state index contributed by atoms with van der Waals surface area (Å²) in [5.41, 5.74) is 0. The molecule has 0 aromatic carbocycles. The molecule has 0 bridgehead atoms. The summed E-state index contributed by atoms with van der Waals surface area (Å²) in [6.45, 7) is -0.229. The smallest absolute Gasteiger partial charge is 0.323 e. The van der Waals surface area contributed by atoms with Crippen molar-refractivity contribution in [2.75, 3.05) is 13.2 Å². The minimum Gasteiger partial charge on any atom is -0.480 e. The molecule has 2 aliphatic heterocycles. The van der Waals surface area contributed by atoms with Crippen LogP contribution in [-0.4, -0.2) is 86.2 Å². The molecule has 0 spiro atoms. The van der Waals surface area contributed by atoms with Crippen molar-refractivity contribution in [2.45, 2.75) is 43.1 Å². The fourth-order valence-corrected chi connectivity index (χ4v) is 2.55. The number of carboxylic acids is 1. The maximum absolute atomic E-state index is 11.1. The predicted octanol–water partition coefficient (Wildman–Crippen LogP) is -3.05. The van der Waals surface area contributed by atoms with Crippen LogP contribution in [0.15, 0.2) is 0 Å². The molecule has 2 aliphatic rings. The number of hydrogen-bond acceptors (Lipinski definition) is 7. The molecule has 2 heterocycles. The predicted molar refractivity (Wildman–Crippen MR) is 56.5 cm³/mol. The number of carbonyl (C=O) groups is 1. The van der Waals surface area contributed by atoms with E-state index in [9.17, 15) is 20.1 Å². The van der Waals surface area contributed by atoms with Gasteiger partial charge in [0.05, 0.1) is 12.7 Å². The zero-order chi connectivity index (χ0) is 13.4. The van der Waals surface area contributed by atoms with Crippen molar-refractivity contribution in [3.63, 3.8) is 0 Å². The van der Waals surface area contributed by atoms with Gasteiger partial charge in [-0.3, -0.25) is 9.69 Å². The second-order valence-corrected chi connectivity index (χ2v) is 4.61. The molecule has 1 unspecified atom stereocenters. The summed E-state index contributed by atoms with van der Waals surface area (Å²) < 4.78 is 5.25. The molecule has 104 valence electrons. The summed E-state index contributed by atoms with van der Waals surface area (Å²) >= 11 is 0. The highest BCUT2D eigenvalue weighted by Gasteiger charge is 2.51. The van der Waals surface area contributed by atoms with Crippen molar-refractivity contribution in [3.8, 4) is 0 Å². The Bertz CT molecular complexity index is 325. The van der Waals surface area contributed by atoms with E-state index >= 15 is 0 Å². The molecule has 8 heteroatoms. The second-order valence-electron chi connectivity index (χ2n) is 4.61. The Hall–Kier alpha value is -0.770. The Labute approximate surface area is 103 Å². The van der Waals surface area contributed by atoms with Gasteiger partial charge in [0, 0.05) is 6.54 Å². The molecule has 0 amide bonds. The lowest BCUT2D eigenvalue weighted by atomic mass is 10.1.